The van der Waals surface area contributed by atoms with Gasteiger partial charge in [-0.25, -0.2) is 0 Å². The van der Waals surface area contributed by atoms with Crippen molar-refractivity contribution >= 4 is 23.4 Å². The van der Waals surface area contributed by atoms with Gasteiger partial charge in [-0.1, -0.05) is 63.3 Å². The van der Waals surface area contributed by atoms with Crippen LogP contribution in [0, 0.1) is 17.8 Å². The van der Waals surface area contributed by atoms with E-state index in [4.69, 9.17) is 11.6 Å². The molecular formula is C22H31ClN2O2. The molecule has 5 heteroatoms. The molecule has 1 aromatic rings. The lowest BCUT2D eigenvalue weighted by Gasteiger charge is -2.40. The lowest BCUT2D eigenvalue weighted by atomic mass is 9.69. The fourth-order valence-electron chi connectivity index (χ4n) is 4.69. The molecule has 0 bridgehead atoms. The summed E-state index contributed by atoms with van der Waals surface area (Å²) < 4.78 is 0. The summed E-state index contributed by atoms with van der Waals surface area (Å²) in [5.41, 5.74) is 0.403. The van der Waals surface area contributed by atoms with E-state index < -0.39 is 6.04 Å². The predicted octanol–water partition coefficient (Wildman–Crippen LogP) is 4.57. The molecule has 2 saturated carbocycles. The van der Waals surface area contributed by atoms with Crippen LogP contribution >= 0.6 is 11.6 Å². The number of fused-ring (bicyclic) bond motifs is 1. The summed E-state index contributed by atoms with van der Waals surface area (Å²) in [6.07, 6.45) is 8.69. The number of carbonyl (C=O) groups is 2. The molecule has 0 aromatic heterocycles. The van der Waals surface area contributed by atoms with Crippen LogP contribution < -0.4 is 10.6 Å². The number of nitrogens with one attached hydrogen (secondary N) is 2. The van der Waals surface area contributed by atoms with E-state index in [0.717, 1.165) is 24.7 Å². The molecular weight excluding hydrogens is 360 g/mol. The fraction of sp³-hybridized carbons (Fsp3) is 0.636. The molecule has 2 aliphatic carbocycles. The highest BCUT2D eigenvalue weighted by Crippen LogP contribution is 2.40. The van der Waals surface area contributed by atoms with E-state index in [1.54, 1.807) is 24.3 Å². The van der Waals surface area contributed by atoms with Gasteiger partial charge < -0.3 is 10.6 Å². The second-order valence-electron chi connectivity index (χ2n) is 8.50. The van der Waals surface area contributed by atoms with Gasteiger partial charge in [-0.2, -0.15) is 0 Å². The van der Waals surface area contributed by atoms with Crippen molar-refractivity contribution in [3.63, 3.8) is 0 Å². The van der Waals surface area contributed by atoms with Crippen molar-refractivity contribution in [3.05, 3.63) is 34.9 Å². The maximum absolute atomic E-state index is 12.9. The Labute approximate surface area is 167 Å². The number of hydrogen-bond acceptors (Lipinski definition) is 2. The van der Waals surface area contributed by atoms with Crippen LogP contribution in [-0.2, 0) is 4.79 Å². The molecule has 0 aliphatic heterocycles. The standard InChI is InChI=1S/C22H31ClN2O2/c1-14(2)20(25-21(26)18-9-5-6-10-19(18)23)22(27)24-17-12-11-15-7-3-4-8-16(15)13-17/h5-6,9-10,14-17,20H,3-4,7-8,11-13H2,1-2H3,(H,24,27)(H,25,26)/t15-,16+,17-,20+/m1/s1. The zero-order chi connectivity index (χ0) is 19.4. The first-order chi connectivity index (χ1) is 13.0. The third-order valence-corrected chi connectivity index (χ3v) is 6.57. The molecule has 4 atom stereocenters. The van der Waals surface area contributed by atoms with Crippen molar-refractivity contribution in [3.8, 4) is 0 Å². The minimum atomic E-state index is -0.558. The zero-order valence-electron chi connectivity index (χ0n) is 16.3. The lowest BCUT2D eigenvalue weighted by Crippen LogP contribution is -2.53. The van der Waals surface area contributed by atoms with Gasteiger partial charge in [-0.15, -0.1) is 0 Å². The molecule has 2 aliphatic rings. The van der Waals surface area contributed by atoms with Gasteiger partial charge in [0.25, 0.3) is 5.91 Å². The van der Waals surface area contributed by atoms with Gasteiger partial charge in [0.15, 0.2) is 0 Å². The number of hydrogen-bond donors (Lipinski definition) is 2. The largest absolute Gasteiger partial charge is 0.352 e. The summed E-state index contributed by atoms with van der Waals surface area (Å²) in [6, 6.07) is 6.59. The summed E-state index contributed by atoms with van der Waals surface area (Å²) in [4.78, 5) is 25.5. The van der Waals surface area contributed by atoms with Crippen molar-refractivity contribution in [1.29, 1.82) is 0 Å². The van der Waals surface area contributed by atoms with Crippen LogP contribution in [0.15, 0.2) is 24.3 Å². The van der Waals surface area contributed by atoms with E-state index >= 15 is 0 Å². The smallest absolute Gasteiger partial charge is 0.253 e. The van der Waals surface area contributed by atoms with E-state index in [-0.39, 0.29) is 23.8 Å². The topological polar surface area (TPSA) is 58.2 Å². The second-order valence-corrected chi connectivity index (χ2v) is 8.91. The molecule has 2 fully saturated rings. The summed E-state index contributed by atoms with van der Waals surface area (Å²) in [5, 5.41) is 6.50. The van der Waals surface area contributed by atoms with E-state index in [9.17, 15) is 9.59 Å². The number of carbonyl (C=O) groups excluding carboxylic acids is 2. The monoisotopic (exact) mass is 390 g/mol. The Hall–Kier alpha value is -1.55. The first-order valence-corrected chi connectivity index (χ1v) is 10.7. The number of rotatable bonds is 5. The molecule has 0 saturated heterocycles. The predicted molar refractivity (Wildman–Crippen MR) is 109 cm³/mol. The van der Waals surface area contributed by atoms with Crippen molar-refractivity contribution in [2.45, 2.75) is 70.9 Å². The third-order valence-electron chi connectivity index (χ3n) is 6.24. The summed E-state index contributed by atoms with van der Waals surface area (Å²) in [5.74, 6) is 1.23. The average Bonchev–Trinajstić information content (AvgIpc) is 2.65. The lowest BCUT2D eigenvalue weighted by molar-refractivity contribution is -0.125. The minimum Gasteiger partial charge on any atom is -0.352 e. The SMILES string of the molecule is CC(C)[C@H](NC(=O)c1ccccc1Cl)C(=O)N[C@@H]1CC[C@H]2CCCC[C@H]2C1. The molecule has 0 spiro atoms. The maximum Gasteiger partial charge on any atom is 0.253 e. The Morgan fingerprint density at radius 3 is 2.44 bits per heavy atom. The molecule has 27 heavy (non-hydrogen) atoms. The van der Waals surface area contributed by atoms with E-state index in [2.05, 4.69) is 10.6 Å². The molecule has 0 radical (unpaired) electrons. The molecule has 0 unspecified atom stereocenters. The Morgan fingerprint density at radius 1 is 1.04 bits per heavy atom. The number of halogens is 1. The fourth-order valence-corrected chi connectivity index (χ4v) is 4.92. The molecule has 148 valence electrons. The maximum atomic E-state index is 12.9. The van der Waals surface area contributed by atoms with Crippen LogP contribution in [0.25, 0.3) is 0 Å². The first kappa shape index (κ1) is 20.2. The Kier molecular flexibility index (Phi) is 6.80. The Bertz CT molecular complexity index is 676. The minimum absolute atomic E-state index is 0.00228. The Balaban J connectivity index is 1.60. The molecule has 1 aromatic carbocycles. The molecule has 0 heterocycles. The van der Waals surface area contributed by atoms with Gasteiger partial charge in [0.1, 0.15) is 6.04 Å². The van der Waals surface area contributed by atoms with E-state index in [1.165, 1.54) is 32.1 Å². The van der Waals surface area contributed by atoms with E-state index in [0.29, 0.717) is 10.6 Å². The van der Waals surface area contributed by atoms with Crippen LogP contribution in [0.5, 0.6) is 0 Å². The van der Waals surface area contributed by atoms with Gasteiger partial charge in [0, 0.05) is 6.04 Å². The van der Waals surface area contributed by atoms with Gasteiger partial charge in [0.2, 0.25) is 5.91 Å². The molecule has 4 nitrogen and oxygen atoms in total. The van der Waals surface area contributed by atoms with E-state index in [1.807, 2.05) is 13.8 Å². The van der Waals surface area contributed by atoms with Crippen LogP contribution in [-0.4, -0.2) is 23.9 Å². The number of benzene rings is 1. The van der Waals surface area contributed by atoms with Crippen LogP contribution in [0.2, 0.25) is 5.02 Å². The highest BCUT2D eigenvalue weighted by Gasteiger charge is 2.34. The van der Waals surface area contributed by atoms with Gasteiger partial charge in [-0.3, -0.25) is 9.59 Å². The average molecular weight is 391 g/mol. The van der Waals surface area contributed by atoms with Crippen LogP contribution in [0.1, 0.15) is 69.2 Å². The molecule has 3 rings (SSSR count). The third kappa shape index (κ3) is 5.04. The summed E-state index contributed by atoms with van der Waals surface area (Å²) >= 11 is 6.12. The van der Waals surface area contributed by atoms with Gasteiger partial charge in [-0.05, 0) is 49.1 Å². The molecule has 2 amide bonds. The summed E-state index contributed by atoms with van der Waals surface area (Å²) in [7, 11) is 0. The summed E-state index contributed by atoms with van der Waals surface area (Å²) in [6.45, 7) is 3.91. The quantitative estimate of drug-likeness (QED) is 0.773. The van der Waals surface area contributed by atoms with Gasteiger partial charge >= 0.3 is 0 Å². The Morgan fingerprint density at radius 2 is 1.74 bits per heavy atom. The van der Waals surface area contributed by atoms with Crippen molar-refractivity contribution in [1.82, 2.24) is 10.6 Å². The zero-order valence-corrected chi connectivity index (χ0v) is 17.1. The van der Waals surface area contributed by atoms with Crippen LogP contribution in [0.3, 0.4) is 0 Å². The second kappa shape index (κ2) is 9.09. The molecule has 2 N–H and O–H groups in total. The first-order valence-electron chi connectivity index (χ1n) is 10.3. The normalized spacial score (nSPS) is 26.1. The van der Waals surface area contributed by atoms with Gasteiger partial charge in [0.05, 0.1) is 10.6 Å². The highest BCUT2D eigenvalue weighted by atomic mass is 35.5. The van der Waals surface area contributed by atoms with Crippen LogP contribution in [0.4, 0.5) is 0 Å². The van der Waals surface area contributed by atoms with Crippen molar-refractivity contribution < 1.29 is 9.59 Å². The van der Waals surface area contributed by atoms with Crippen molar-refractivity contribution in [2.75, 3.05) is 0 Å². The highest BCUT2D eigenvalue weighted by molar-refractivity contribution is 6.33. The van der Waals surface area contributed by atoms with Crippen molar-refractivity contribution in [2.24, 2.45) is 17.8 Å². The number of amides is 2.